The average Bonchev–Trinajstić information content (AvgIpc) is 3.98. The lowest BCUT2D eigenvalue weighted by atomic mass is 9.87. The minimum Gasteiger partial charge on any atom is -0.329 e. The Labute approximate surface area is 324 Å². The van der Waals surface area contributed by atoms with Crippen molar-refractivity contribution in [2.45, 2.75) is 11.3 Å². The van der Waals surface area contributed by atoms with Gasteiger partial charge in [0.2, 0.25) is 16.7 Å². The molecule has 2 atom stereocenters. The number of carbonyl (C=O) groups is 2. The number of ketones is 2. The molecule has 0 saturated carbocycles. The van der Waals surface area contributed by atoms with Crippen molar-refractivity contribution in [2.75, 3.05) is 21.4 Å². The first kappa shape index (κ1) is 33.0. The minimum atomic E-state index is -0.254. The van der Waals surface area contributed by atoms with Crippen molar-refractivity contribution in [1.29, 1.82) is 0 Å². The van der Waals surface area contributed by atoms with E-state index in [1.54, 1.807) is 52.3 Å². The molecule has 1 aliphatic carbocycles. The molecule has 0 radical (unpaired) electrons. The van der Waals surface area contributed by atoms with Crippen LogP contribution in [-0.2, 0) is 0 Å². The molecule has 1 aromatic heterocycles. The van der Waals surface area contributed by atoms with Crippen molar-refractivity contribution in [2.24, 2.45) is 15.3 Å². The van der Waals surface area contributed by atoms with Crippen LogP contribution in [0.4, 0.5) is 16.5 Å². The van der Waals surface area contributed by atoms with E-state index in [1.165, 1.54) is 0 Å². The highest BCUT2D eigenvalue weighted by Crippen LogP contribution is 2.45. The lowest BCUT2D eigenvalue weighted by Crippen LogP contribution is -2.52. The summed E-state index contributed by atoms with van der Waals surface area (Å²) in [6.07, 6.45) is 0. The van der Waals surface area contributed by atoms with Gasteiger partial charge in [0.1, 0.15) is 17.2 Å². The van der Waals surface area contributed by atoms with Crippen LogP contribution < -0.4 is 20.1 Å². The summed E-state index contributed by atoms with van der Waals surface area (Å²) < 4.78 is 0. The van der Waals surface area contributed by atoms with Crippen molar-refractivity contribution in [1.82, 2.24) is 10.3 Å². The van der Waals surface area contributed by atoms with E-state index in [0.29, 0.717) is 33.5 Å². The van der Waals surface area contributed by atoms with Gasteiger partial charge in [0.15, 0.2) is 11.0 Å². The van der Waals surface area contributed by atoms with Crippen LogP contribution in [0.2, 0.25) is 0 Å². The van der Waals surface area contributed by atoms with E-state index in [2.05, 4.69) is 35.0 Å². The van der Waals surface area contributed by atoms with Gasteiger partial charge in [0.05, 0.1) is 23.5 Å². The number of hydrogen-bond donors (Lipinski definition) is 1. The Hall–Kier alpha value is -6.63. The predicted octanol–water partition coefficient (Wildman–Crippen LogP) is 8.38. The summed E-state index contributed by atoms with van der Waals surface area (Å²) in [7, 11) is 0. The topological polar surface area (TPSA) is 106 Å². The quantitative estimate of drug-likeness (QED) is 0.169. The van der Waals surface area contributed by atoms with Crippen LogP contribution in [0.3, 0.4) is 0 Å². The maximum Gasteiger partial charge on any atom is 0.212 e. The van der Waals surface area contributed by atoms with Gasteiger partial charge in [-0.15, -0.1) is 21.5 Å². The highest BCUT2D eigenvalue weighted by atomic mass is 32.2. The number of Topliss-reactive ketones (excluding diaryl/α,β-unsaturated/α-hetero) is 2. The van der Waals surface area contributed by atoms with E-state index >= 15 is 0 Å². The number of hydrogen-bond acceptors (Lipinski definition) is 10. The Kier molecular flexibility index (Phi) is 8.19. The number of nitrogens with one attached hydrogen (secondary N) is 1. The highest BCUT2D eigenvalue weighted by molar-refractivity contribution is 8.15. The van der Waals surface area contributed by atoms with Crippen molar-refractivity contribution >= 4 is 68.0 Å². The number of nitrogens with zero attached hydrogens (tertiary/aromatic N) is 7. The molecular formula is C43H30N8O2S2. The maximum atomic E-state index is 14.5. The van der Waals surface area contributed by atoms with E-state index < -0.39 is 0 Å². The van der Waals surface area contributed by atoms with Gasteiger partial charge in [-0.1, -0.05) is 133 Å². The molecule has 0 amide bonds. The SMILES string of the molecule is O=C1C2=C(C(=O)c3ccccc31)N(c1ccccc1)/C(=N/N=C1/NC3=NN(c4nc(-c5ccccc5)cs4)C(c4ccccc4)C3S1)CN2c1ccccc1. The molecule has 0 bridgehead atoms. The van der Waals surface area contributed by atoms with Gasteiger partial charge in [0, 0.05) is 33.4 Å². The lowest BCUT2D eigenvalue weighted by Gasteiger charge is -2.41. The minimum absolute atomic E-state index is 0.105. The van der Waals surface area contributed by atoms with Gasteiger partial charge in [-0.05, 0) is 29.8 Å². The van der Waals surface area contributed by atoms with Crippen LogP contribution in [-0.4, -0.2) is 45.2 Å². The normalized spacial score (nSPS) is 20.4. The van der Waals surface area contributed by atoms with Gasteiger partial charge < -0.3 is 10.2 Å². The molecule has 5 aromatic carbocycles. The molecule has 1 N–H and O–H groups in total. The number of para-hydroxylation sites is 2. The van der Waals surface area contributed by atoms with E-state index in [9.17, 15) is 9.59 Å². The van der Waals surface area contributed by atoms with Crippen LogP contribution in [0, 0.1) is 0 Å². The fraction of sp³-hybridized carbons (Fsp3) is 0.0698. The third-order valence-corrected chi connectivity index (χ3v) is 11.8. The third-order valence-electron chi connectivity index (χ3n) is 9.87. The Balaban J connectivity index is 1.05. The van der Waals surface area contributed by atoms with Gasteiger partial charge in [-0.25, -0.2) is 9.99 Å². The molecule has 4 aliphatic rings. The van der Waals surface area contributed by atoms with E-state index in [4.69, 9.17) is 20.3 Å². The second kappa shape index (κ2) is 13.7. The van der Waals surface area contributed by atoms with Crippen molar-refractivity contribution in [3.63, 3.8) is 0 Å². The zero-order valence-electron chi connectivity index (χ0n) is 29.1. The molecule has 1 saturated heterocycles. The first-order valence-electron chi connectivity index (χ1n) is 17.7. The molecule has 266 valence electrons. The molecule has 3 aliphatic heterocycles. The zero-order chi connectivity index (χ0) is 36.9. The number of thiazole rings is 1. The summed E-state index contributed by atoms with van der Waals surface area (Å²) in [6, 6.07) is 46.4. The highest BCUT2D eigenvalue weighted by Gasteiger charge is 2.47. The van der Waals surface area contributed by atoms with Gasteiger partial charge in [-0.2, -0.15) is 5.10 Å². The smallest absolute Gasteiger partial charge is 0.212 e. The maximum absolute atomic E-state index is 14.5. The molecular weight excluding hydrogens is 725 g/mol. The first-order chi connectivity index (χ1) is 27.1. The Morgan fingerprint density at radius 2 is 1.27 bits per heavy atom. The van der Waals surface area contributed by atoms with Crippen LogP contribution >= 0.6 is 23.1 Å². The number of anilines is 3. The van der Waals surface area contributed by atoms with Crippen molar-refractivity contribution < 1.29 is 9.59 Å². The van der Waals surface area contributed by atoms with Crippen molar-refractivity contribution in [3.05, 3.63) is 179 Å². The number of aromatic nitrogens is 1. The van der Waals surface area contributed by atoms with E-state index in [-0.39, 0.29) is 35.1 Å². The molecule has 10 rings (SSSR count). The van der Waals surface area contributed by atoms with Gasteiger partial charge >= 0.3 is 0 Å². The molecule has 0 spiro atoms. The van der Waals surface area contributed by atoms with Crippen LogP contribution in [0.15, 0.2) is 178 Å². The first-order valence-corrected chi connectivity index (χ1v) is 19.5. The number of rotatable bonds is 6. The summed E-state index contributed by atoms with van der Waals surface area (Å²) in [5.74, 6) is 0.779. The Morgan fingerprint density at radius 1 is 0.673 bits per heavy atom. The number of benzene rings is 5. The fourth-order valence-electron chi connectivity index (χ4n) is 7.37. The van der Waals surface area contributed by atoms with E-state index in [0.717, 1.165) is 33.5 Å². The fourth-order valence-corrected chi connectivity index (χ4v) is 9.30. The molecule has 10 nitrogen and oxygen atoms in total. The average molecular weight is 755 g/mol. The lowest BCUT2D eigenvalue weighted by molar-refractivity contribution is 0.0970. The van der Waals surface area contributed by atoms with Crippen LogP contribution in [0.25, 0.3) is 11.3 Å². The van der Waals surface area contributed by atoms with E-state index in [1.807, 2.05) is 107 Å². The van der Waals surface area contributed by atoms with Gasteiger partial charge in [0.25, 0.3) is 0 Å². The molecule has 6 aromatic rings. The molecule has 2 unspecified atom stereocenters. The summed E-state index contributed by atoms with van der Waals surface area (Å²) >= 11 is 3.12. The van der Waals surface area contributed by atoms with Gasteiger partial charge in [-0.3, -0.25) is 14.5 Å². The second-order valence-electron chi connectivity index (χ2n) is 13.1. The molecule has 12 heteroatoms. The number of fused-ring (bicyclic) bond motifs is 2. The number of amidine groups is 3. The summed E-state index contributed by atoms with van der Waals surface area (Å²) in [5, 5.41) is 23.5. The summed E-state index contributed by atoms with van der Waals surface area (Å²) in [6.45, 7) is 0.193. The Morgan fingerprint density at radius 3 is 1.96 bits per heavy atom. The second-order valence-corrected chi connectivity index (χ2v) is 15.1. The summed E-state index contributed by atoms with van der Waals surface area (Å²) in [4.78, 5) is 37.5. The zero-order valence-corrected chi connectivity index (χ0v) is 30.7. The van der Waals surface area contributed by atoms with Crippen LogP contribution in [0.1, 0.15) is 32.3 Å². The largest absolute Gasteiger partial charge is 0.329 e. The molecule has 55 heavy (non-hydrogen) atoms. The number of thioether (sulfide) groups is 1. The standard InChI is InChI=1S/C43H30N8O2S2/c52-38-31-23-13-14-24-32(31)39(53)37-36(38)49(29-19-9-3-10-20-29)25-34(50(37)30-21-11-4-12-22-30)46-47-42-45-41-40(55-42)35(28-17-7-2-8-18-28)51(48-41)43-44-33(26-54-43)27-15-5-1-6-16-27/h1-24,26,35,40H,25H2,(H,45,47,48)/b46-34+. The number of hydrazone groups is 1. The Bertz CT molecular complexity index is 2590. The molecule has 1 fully saturated rings. The summed E-state index contributed by atoms with van der Waals surface area (Å²) in [5.41, 5.74) is 5.84. The number of carbonyl (C=O) groups excluding carboxylic acids is 2. The predicted molar refractivity (Wildman–Crippen MR) is 221 cm³/mol. The number of allylic oxidation sites excluding steroid dienone is 2. The molecule has 4 heterocycles. The third kappa shape index (κ3) is 5.74. The monoisotopic (exact) mass is 754 g/mol. The van der Waals surface area contributed by atoms with Crippen molar-refractivity contribution in [3.8, 4) is 11.3 Å². The van der Waals surface area contributed by atoms with Crippen LogP contribution in [0.5, 0.6) is 0 Å².